The van der Waals surface area contributed by atoms with Crippen LogP contribution in [0.5, 0.6) is 0 Å². The largest absolute Gasteiger partial charge is 0.480 e. The third-order valence-electron chi connectivity index (χ3n) is 5.07. The lowest BCUT2D eigenvalue weighted by Gasteiger charge is -2.34. The number of carboxylic acids is 1. The summed E-state index contributed by atoms with van der Waals surface area (Å²) in [7, 11) is 1.21. The Bertz CT molecular complexity index is 924. The fraction of sp³-hybridized carbons (Fsp3) is 0.261. The lowest BCUT2D eigenvalue weighted by Crippen LogP contribution is -2.47. The Balaban J connectivity index is 2.01. The fourth-order valence-corrected chi connectivity index (χ4v) is 3.81. The summed E-state index contributed by atoms with van der Waals surface area (Å²) in [5.41, 5.74) is 3.48. The molecular weight excluding hydrogens is 386 g/mol. The number of methoxy groups -OCH3 is 1. The first-order valence-electron chi connectivity index (χ1n) is 9.53. The summed E-state index contributed by atoms with van der Waals surface area (Å²) in [6.07, 6.45) is 0.383. The van der Waals surface area contributed by atoms with E-state index in [1.807, 2.05) is 48.5 Å². The molecule has 0 heterocycles. The standard InChI is InChI=1S/C23H23NO6/c1-3-14-30-20(25)13-12-19(22(26)27)24(23(28)29-2)21-17-10-6-4-8-15(17)16-9-5-7-11-18(16)21/h3-11,19,21H,1,12-14H2,2H3,(H,26,27). The van der Waals surface area contributed by atoms with E-state index in [-0.39, 0.29) is 19.4 Å². The highest BCUT2D eigenvalue weighted by molar-refractivity contribution is 5.85. The van der Waals surface area contributed by atoms with Gasteiger partial charge in [-0.05, 0) is 28.7 Å². The van der Waals surface area contributed by atoms with Crippen LogP contribution in [0.15, 0.2) is 61.2 Å². The third-order valence-corrected chi connectivity index (χ3v) is 5.07. The topological polar surface area (TPSA) is 93.1 Å². The Hall–Kier alpha value is -3.61. The van der Waals surface area contributed by atoms with E-state index in [1.165, 1.54) is 18.1 Å². The molecule has 2 aromatic rings. The zero-order chi connectivity index (χ0) is 21.7. The number of hydrogen-bond donors (Lipinski definition) is 1. The summed E-state index contributed by atoms with van der Waals surface area (Å²) in [6.45, 7) is 3.52. The molecule has 2 aromatic carbocycles. The van der Waals surface area contributed by atoms with Gasteiger partial charge in [0.25, 0.3) is 0 Å². The van der Waals surface area contributed by atoms with Gasteiger partial charge in [0, 0.05) is 6.42 Å². The Morgan fingerprint density at radius 2 is 1.67 bits per heavy atom. The number of amides is 1. The number of carbonyl (C=O) groups is 3. The highest BCUT2D eigenvalue weighted by Crippen LogP contribution is 2.47. The molecule has 0 saturated carbocycles. The number of esters is 1. The minimum atomic E-state index is -1.28. The zero-order valence-electron chi connectivity index (χ0n) is 16.6. The lowest BCUT2D eigenvalue weighted by atomic mass is 10.00. The van der Waals surface area contributed by atoms with E-state index in [0.29, 0.717) is 0 Å². The van der Waals surface area contributed by atoms with Crippen molar-refractivity contribution >= 4 is 18.0 Å². The molecule has 156 valence electrons. The summed E-state index contributed by atoms with van der Waals surface area (Å²) in [5, 5.41) is 9.92. The summed E-state index contributed by atoms with van der Waals surface area (Å²) < 4.78 is 9.89. The highest BCUT2D eigenvalue weighted by atomic mass is 16.5. The lowest BCUT2D eigenvalue weighted by molar-refractivity contribution is -0.146. The molecule has 7 heteroatoms. The number of benzene rings is 2. The molecule has 0 fully saturated rings. The Morgan fingerprint density at radius 1 is 1.10 bits per heavy atom. The SMILES string of the molecule is C=CCOC(=O)CCC(C(=O)O)N(C(=O)OC)C1c2ccccc2-c2ccccc21. The fourth-order valence-electron chi connectivity index (χ4n) is 3.81. The Kier molecular flexibility index (Phi) is 6.51. The van der Waals surface area contributed by atoms with E-state index in [9.17, 15) is 19.5 Å². The van der Waals surface area contributed by atoms with Crippen LogP contribution in [0.1, 0.15) is 30.0 Å². The molecule has 1 N–H and O–H groups in total. The number of carbonyl (C=O) groups excluding carboxylic acids is 2. The van der Waals surface area contributed by atoms with Gasteiger partial charge in [0.2, 0.25) is 0 Å². The van der Waals surface area contributed by atoms with Crippen molar-refractivity contribution in [2.45, 2.75) is 24.9 Å². The molecule has 1 amide bonds. The van der Waals surface area contributed by atoms with E-state index in [2.05, 4.69) is 6.58 Å². The Labute approximate surface area is 174 Å². The van der Waals surface area contributed by atoms with E-state index >= 15 is 0 Å². The molecule has 0 bridgehead atoms. The van der Waals surface area contributed by atoms with Gasteiger partial charge >= 0.3 is 18.0 Å². The van der Waals surface area contributed by atoms with Crippen LogP contribution in [-0.2, 0) is 19.1 Å². The summed E-state index contributed by atoms with van der Waals surface area (Å²) in [5.74, 6) is -1.78. The molecule has 30 heavy (non-hydrogen) atoms. The normalized spacial score (nSPS) is 13.0. The maximum absolute atomic E-state index is 12.8. The van der Waals surface area contributed by atoms with Gasteiger partial charge < -0.3 is 14.6 Å². The number of fused-ring (bicyclic) bond motifs is 3. The minimum Gasteiger partial charge on any atom is -0.480 e. The van der Waals surface area contributed by atoms with Crippen molar-refractivity contribution in [3.05, 3.63) is 72.3 Å². The summed E-state index contributed by atoms with van der Waals surface area (Å²) >= 11 is 0. The molecule has 0 aromatic heterocycles. The van der Waals surface area contributed by atoms with Gasteiger partial charge in [0.15, 0.2) is 0 Å². The van der Waals surface area contributed by atoms with Gasteiger partial charge in [-0.1, -0.05) is 61.2 Å². The van der Waals surface area contributed by atoms with E-state index in [0.717, 1.165) is 22.3 Å². The molecule has 1 aliphatic carbocycles. The van der Waals surface area contributed by atoms with Crippen molar-refractivity contribution in [3.63, 3.8) is 0 Å². The molecule has 3 rings (SSSR count). The van der Waals surface area contributed by atoms with Gasteiger partial charge in [0.05, 0.1) is 13.2 Å². The number of rotatable bonds is 8. The van der Waals surface area contributed by atoms with Crippen LogP contribution in [0.3, 0.4) is 0 Å². The molecule has 7 nitrogen and oxygen atoms in total. The summed E-state index contributed by atoms with van der Waals surface area (Å²) in [6, 6.07) is 13.2. The highest BCUT2D eigenvalue weighted by Gasteiger charge is 2.42. The van der Waals surface area contributed by atoms with Gasteiger partial charge in [-0.3, -0.25) is 9.69 Å². The molecular formula is C23H23NO6. The van der Waals surface area contributed by atoms with E-state index < -0.39 is 30.1 Å². The average molecular weight is 409 g/mol. The zero-order valence-corrected chi connectivity index (χ0v) is 16.6. The number of aliphatic carboxylic acids is 1. The van der Waals surface area contributed by atoms with Gasteiger partial charge in [-0.2, -0.15) is 0 Å². The smallest absolute Gasteiger partial charge is 0.411 e. The van der Waals surface area contributed by atoms with Crippen LogP contribution < -0.4 is 0 Å². The van der Waals surface area contributed by atoms with Crippen LogP contribution in [0, 0.1) is 0 Å². The molecule has 1 atom stereocenters. The van der Waals surface area contributed by atoms with E-state index in [1.54, 1.807) is 0 Å². The minimum absolute atomic E-state index is 0.0423. The number of carboxylic acid groups (broad SMARTS) is 1. The number of nitrogens with zero attached hydrogens (tertiary/aromatic N) is 1. The first kappa shape index (κ1) is 21.1. The monoisotopic (exact) mass is 409 g/mol. The first-order valence-corrected chi connectivity index (χ1v) is 9.53. The summed E-state index contributed by atoms with van der Waals surface area (Å²) in [4.78, 5) is 38.1. The van der Waals surface area contributed by atoms with Crippen LogP contribution in [0.2, 0.25) is 0 Å². The second-order valence-electron chi connectivity index (χ2n) is 6.82. The van der Waals surface area contributed by atoms with Crippen molar-refractivity contribution in [1.82, 2.24) is 4.90 Å². The number of ether oxygens (including phenoxy) is 2. The van der Waals surface area contributed by atoms with Gasteiger partial charge in [0.1, 0.15) is 12.6 Å². The van der Waals surface area contributed by atoms with Crippen LogP contribution >= 0.6 is 0 Å². The second kappa shape index (κ2) is 9.26. The van der Waals surface area contributed by atoms with Crippen molar-refractivity contribution in [1.29, 1.82) is 0 Å². The molecule has 0 radical (unpaired) electrons. The molecule has 0 aliphatic heterocycles. The van der Waals surface area contributed by atoms with Crippen molar-refractivity contribution in [2.24, 2.45) is 0 Å². The van der Waals surface area contributed by atoms with Gasteiger partial charge in [-0.15, -0.1) is 0 Å². The molecule has 0 spiro atoms. The van der Waals surface area contributed by atoms with Crippen molar-refractivity contribution < 1.29 is 29.0 Å². The van der Waals surface area contributed by atoms with Crippen LogP contribution in [-0.4, -0.2) is 47.8 Å². The molecule has 1 unspecified atom stereocenters. The molecule has 1 aliphatic rings. The van der Waals surface area contributed by atoms with Crippen LogP contribution in [0.4, 0.5) is 4.79 Å². The maximum Gasteiger partial charge on any atom is 0.411 e. The average Bonchev–Trinajstić information content (AvgIpc) is 3.08. The van der Waals surface area contributed by atoms with Crippen LogP contribution in [0.25, 0.3) is 11.1 Å². The maximum atomic E-state index is 12.8. The van der Waals surface area contributed by atoms with Crippen molar-refractivity contribution in [2.75, 3.05) is 13.7 Å². The predicted octanol–water partition coefficient (Wildman–Crippen LogP) is 3.79. The first-order chi connectivity index (χ1) is 14.5. The predicted molar refractivity (Wildman–Crippen MR) is 110 cm³/mol. The second-order valence-corrected chi connectivity index (χ2v) is 6.82. The quantitative estimate of drug-likeness (QED) is 0.527. The van der Waals surface area contributed by atoms with E-state index in [4.69, 9.17) is 9.47 Å². The third kappa shape index (κ3) is 4.05. The molecule has 0 saturated heterocycles. The van der Waals surface area contributed by atoms with Gasteiger partial charge in [-0.25, -0.2) is 9.59 Å². The number of hydrogen-bond acceptors (Lipinski definition) is 5. The van der Waals surface area contributed by atoms with Crippen molar-refractivity contribution in [3.8, 4) is 11.1 Å². The Morgan fingerprint density at radius 3 is 2.17 bits per heavy atom.